The van der Waals surface area contributed by atoms with E-state index in [0.717, 1.165) is 12.1 Å². The van der Waals surface area contributed by atoms with Crippen LogP contribution < -0.4 is 4.72 Å². The summed E-state index contributed by atoms with van der Waals surface area (Å²) < 4.78 is 63.8. The summed E-state index contributed by atoms with van der Waals surface area (Å²) in [7, 11) is -3.85. The highest BCUT2D eigenvalue weighted by Gasteiger charge is 2.29. The fourth-order valence-electron chi connectivity index (χ4n) is 1.81. The molecule has 0 saturated heterocycles. The van der Waals surface area contributed by atoms with E-state index in [9.17, 15) is 21.6 Å². The van der Waals surface area contributed by atoms with Crippen molar-refractivity contribution in [3.63, 3.8) is 0 Å². The molecule has 0 aliphatic carbocycles. The fraction of sp³-hybridized carbons (Fsp3) is 0.133. The van der Waals surface area contributed by atoms with Crippen LogP contribution in [-0.4, -0.2) is 8.42 Å². The molecule has 8 heteroatoms. The number of rotatable bonds is 4. The lowest BCUT2D eigenvalue weighted by atomic mass is 10.1. The molecule has 0 heterocycles. The molecule has 0 saturated carbocycles. The number of nitrogens with zero attached hydrogens (tertiary/aromatic N) is 1. The second kappa shape index (κ2) is 6.40. The third-order valence-electron chi connectivity index (χ3n) is 3.02. The fourth-order valence-corrected chi connectivity index (χ4v) is 2.87. The van der Waals surface area contributed by atoms with Gasteiger partial charge < -0.3 is 0 Å². The topological polar surface area (TPSA) is 70.0 Å². The van der Waals surface area contributed by atoms with Crippen LogP contribution in [0.3, 0.4) is 0 Å². The van der Waals surface area contributed by atoms with Crippen LogP contribution in [0.5, 0.6) is 0 Å². The normalized spacial score (nSPS) is 11.9. The van der Waals surface area contributed by atoms with Gasteiger partial charge >= 0.3 is 6.18 Å². The Hall–Kier alpha value is -2.37. The average molecular weight is 340 g/mol. The standard InChI is InChI=1S/C15H11F3N2O2S/c16-15(17,18)13-6-4-11(5-7-13)10-20-23(21,22)14-3-1-2-12(8-14)9-19/h1-8,20H,10H2. The van der Waals surface area contributed by atoms with Gasteiger partial charge in [0, 0.05) is 6.54 Å². The molecule has 23 heavy (non-hydrogen) atoms. The lowest BCUT2D eigenvalue weighted by Gasteiger charge is -2.09. The molecule has 0 aromatic heterocycles. The number of alkyl halides is 3. The van der Waals surface area contributed by atoms with Crippen LogP contribution in [0, 0.1) is 11.3 Å². The first-order valence-corrected chi connectivity index (χ1v) is 7.87. The van der Waals surface area contributed by atoms with E-state index in [4.69, 9.17) is 5.26 Å². The molecule has 0 fully saturated rings. The van der Waals surface area contributed by atoms with E-state index in [2.05, 4.69) is 4.72 Å². The van der Waals surface area contributed by atoms with E-state index < -0.39 is 21.8 Å². The van der Waals surface area contributed by atoms with Gasteiger partial charge in [0.2, 0.25) is 10.0 Å². The maximum atomic E-state index is 12.4. The molecule has 4 nitrogen and oxygen atoms in total. The van der Waals surface area contributed by atoms with Gasteiger partial charge in [-0.3, -0.25) is 0 Å². The highest BCUT2D eigenvalue weighted by molar-refractivity contribution is 7.89. The Kier molecular flexibility index (Phi) is 4.73. The van der Waals surface area contributed by atoms with Crippen molar-refractivity contribution in [3.8, 4) is 6.07 Å². The van der Waals surface area contributed by atoms with E-state index in [1.165, 1.54) is 36.4 Å². The van der Waals surface area contributed by atoms with Gasteiger partial charge in [0.1, 0.15) is 0 Å². The molecule has 2 aromatic rings. The van der Waals surface area contributed by atoms with Gasteiger partial charge in [-0.05, 0) is 35.9 Å². The van der Waals surface area contributed by atoms with Gasteiger partial charge in [0.05, 0.1) is 22.1 Å². The number of benzene rings is 2. The predicted molar refractivity (Wildman–Crippen MR) is 76.6 cm³/mol. The van der Waals surface area contributed by atoms with Gasteiger partial charge in [0.25, 0.3) is 0 Å². The maximum Gasteiger partial charge on any atom is 0.416 e. The molecule has 0 unspecified atom stereocenters. The summed E-state index contributed by atoms with van der Waals surface area (Å²) in [6.45, 7) is -0.156. The first-order valence-electron chi connectivity index (χ1n) is 6.38. The van der Waals surface area contributed by atoms with Crippen molar-refractivity contribution < 1.29 is 21.6 Å². The molecule has 2 aromatic carbocycles. The van der Waals surface area contributed by atoms with Crippen molar-refractivity contribution in [1.29, 1.82) is 5.26 Å². The summed E-state index contributed by atoms with van der Waals surface area (Å²) in [4.78, 5) is -0.0801. The molecule has 120 valence electrons. The van der Waals surface area contributed by atoms with Crippen LogP contribution in [0.25, 0.3) is 0 Å². The molecule has 0 atom stereocenters. The van der Waals surface area contributed by atoms with Crippen LogP contribution >= 0.6 is 0 Å². The minimum Gasteiger partial charge on any atom is -0.207 e. The quantitative estimate of drug-likeness (QED) is 0.930. The first-order chi connectivity index (χ1) is 10.7. The second-order valence-electron chi connectivity index (χ2n) is 4.66. The summed E-state index contributed by atoms with van der Waals surface area (Å²) >= 11 is 0. The zero-order valence-corrected chi connectivity index (χ0v) is 12.4. The highest BCUT2D eigenvalue weighted by atomic mass is 32.2. The Morgan fingerprint density at radius 2 is 1.74 bits per heavy atom. The van der Waals surface area contributed by atoms with Crippen molar-refractivity contribution in [3.05, 3.63) is 65.2 Å². The molecule has 0 amide bonds. The van der Waals surface area contributed by atoms with Gasteiger partial charge in [-0.15, -0.1) is 0 Å². The van der Waals surface area contributed by atoms with E-state index in [-0.39, 0.29) is 17.0 Å². The van der Waals surface area contributed by atoms with Crippen molar-refractivity contribution in [1.82, 2.24) is 4.72 Å². The number of hydrogen-bond donors (Lipinski definition) is 1. The Morgan fingerprint density at radius 3 is 2.30 bits per heavy atom. The van der Waals surface area contributed by atoms with Crippen LogP contribution in [0.1, 0.15) is 16.7 Å². The lowest BCUT2D eigenvalue weighted by Crippen LogP contribution is -2.23. The largest absolute Gasteiger partial charge is 0.416 e. The molecule has 1 N–H and O–H groups in total. The zero-order valence-electron chi connectivity index (χ0n) is 11.6. The number of sulfonamides is 1. The number of halogens is 3. The van der Waals surface area contributed by atoms with Gasteiger partial charge in [0.15, 0.2) is 0 Å². The maximum absolute atomic E-state index is 12.4. The molecule has 0 aliphatic rings. The number of hydrogen-bond acceptors (Lipinski definition) is 3. The van der Waals surface area contributed by atoms with Crippen molar-refractivity contribution in [2.24, 2.45) is 0 Å². The van der Waals surface area contributed by atoms with E-state index in [1.807, 2.05) is 6.07 Å². The number of nitriles is 1. The smallest absolute Gasteiger partial charge is 0.207 e. The summed E-state index contributed by atoms with van der Waals surface area (Å²) in [5.41, 5.74) is -0.216. The first kappa shape index (κ1) is 17.0. The number of nitrogens with one attached hydrogen (secondary N) is 1. The molecule has 0 bridgehead atoms. The Morgan fingerprint density at radius 1 is 1.09 bits per heavy atom. The van der Waals surface area contributed by atoms with Gasteiger partial charge in [-0.2, -0.15) is 18.4 Å². The average Bonchev–Trinajstić information content (AvgIpc) is 2.52. The molecule has 2 rings (SSSR count). The zero-order chi connectivity index (χ0) is 17.1. The second-order valence-corrected chi connectivity index (χ2v) is 6.43. The molecular formula is C15H11F3N2O2S. The van der Waals surface area contributed by atoms with Crippen LogP contribution in [0.15, 0.2) is 53.4 Å². The Labute approximate surface area is 131 Å². The minimum absolute atomic E-state index is 0.0801. The van der Waals surface area contributed by atoms with Crippen molar-refractivity contribution in [2.45, 2.75) is 17.6 Å². The lowest BCUT2D eigenvalue weighted by molar-refractivity contribution is -0.137. The monoisotopic (exact) mass is 340 g/mol. The molecule has 0 aliphatic heterocycles. The summed E-state index contributed by atoms with van der Waals surface area (Å²) in [6.07, 6.45) is -4.43. The predicted octanol–water partition coefficient (Wildman–Crippen LogP) is 3.06. The molecule has 0 radical (unpaired) electrons. The third kappa shape index (κ3) is 4.31. The Balaban J connectivity index is 2.12. The van der Waals surface area contributed by atoms with Gasteiger partial charge in [-0.1, -0.05) is 18.2 Å². The van der Waals surface area contributed by atoms with Crippen molar-refractivity contribution in [2.75, 3.05) is 0 Å². The van der Waals surface area contributed by atoms with Crippen LogP contribution in [0.4, 0.5) is 13.2 Å². The van der Waals surface area contributed by atoms with Gasteiger partial charge in [-0.25, -0.2) is 13.1 Å². The minimum atomic E-state index is -4.43. The van der Waals surface area contributed by atoms with E-state index >= 15 is 0 Å². The van der Waals surface area contributed by atoms with Crippen molar-refractivity contribution >= 4 is 10.0 Å². The van der Waals surface area contributed by atoms with Crippen LogP contribution in [0.2, 0.25) is 0 Å². The van der Waals surface area contributed by atoms with Crippen LogP contribution in [-0.2, 0) is 22.7 Å². The summed E-state index contributed by atoms with van der Waals surface area (Å²) in [5, 5.41) is 8.77. The third-order valence-corrected chi connectivity index (χ3v) is 4.42. The summed E-state index contributed by atoms with van der Waals surface area (Å²) in [6, 6.07) is 11.5. The Bertz CT molecular complexity index is 838. The summed E-state index contributed by atoms with van der Waals surface area (Å²) in [5.74, 6) is 0. The molecule has 0 spiro atoms. The highest BCUT2D eigenvalue weighted by Crippen LogP contribution is 2.29. The van der Waals surface area contributed by atoms with E-state index in [1.54, 1.807) is 0 Å². The molecular weight excluding hydrogens is 329 g/mol. The SMILES string of the molecule is N#Cc1cccc(S(=O)(=O)NCc2ccc(C(F)(F)F)cc2)c1. The van der Waals surface area contributed by atoms with E-state index in [0.29, 0.717) is 5.56 Å².